The number of hydrogen-bond donors (Lipinski definition) is 1. The number of nitrogens with two attached hydrogens (primary N) is 1. The number of ether oxygens (including phenoxy) is 3. The highest BCUT2D eigenvalue weighted by molar-refractivity contribution is 6.32. The molecule has 0 saturated heterocycles. The normalized spacial score (nSPS) is 14.0. The quantitative estimate of drug-likeness (QED) is 0.838. The Labute approximate surface area is 119 Å². The summed E-state index contributed by atoms with van der Waals surface area (Å²) in [6, 6.07) is 3.84. The van der Waals surface area contributed by atoms with Gasteiger partial charge in [0, 0.05) is 13.2 Å². The molecule has 4 nitrogen and oxygen atoms in total. The van der Waals surface area contributed by atoms with Crippen LogP contribution in [-0.4, -0.2) is 33.0 Å². The molecule has 1 aromatic rings. The maximum absolute atomic E-state index is 6.25. The van der Waals surface area contributed by atoms with Crippen LogP contribution >= 0.6 is 11.6 Å². The lowest BCUT2D eigenvalue weighted by Crippen LogP contribution is -2.19. The fourth-order valence-electron chi connectivity index (χ4n) is 1.85. The summed E-state index contributed by atoms with van der Waals surface area (Å²) in [4.78, 5) is 0. The molecular weight excluding hydrogens is 266 g/mol. The summed E-state index contributed by atoms with van der Waals surface area (Å²) in [5.41, 5.74) is 6.82. The van der Waals surface area contributed by atoms with Crippen molar-refractivity contribution in [3.8, 4) is 11.5 Å². The molecule has 0 radical (unpaired) electrons. The predicted molar refractivity (Wildman–Crippen MR) is 77.3 cm³/mol. The lowest BCUT2D eigenvalue weighted by atomic mass is 10.1. The SMILES string of the molecule is COCC(C)Oc1c(Cl)cc(CC(C)N)cc1OC. The van der Waals surface area contributed by atoms with E-state index in [-0.39, 0.29) is 12.1 Å². The van der Waals surface area contributed by atoms with Gasteiger partial charge in [0.25, 0.3) is 0 Å². The number of hydrogen-bond acceptors (Lipinski definition) is 4. The smallest absolute Gasteiger partial charge is 0.180 e. The van der Waals surface area contributed by atoms with Crippen molar-refractivity contribution in [1.29, 1.82) is 0 Å². The van der Waals surface area contributed by atoms with Gasteiger partial charge in [-0.15, -0.1) is 0 Å². The minimum absolute atomic E-state index is 0.0694. The molecule has 0 aromatic heterocycles. The third kappa shape index (κ3) is 4.90. The lowest BCUT2D eigenvalue weighted by molar-refractivity contribution is 0.0900. The van der Waals surface area contributed by atoms with Crippen molar-refractivity contribution >= 4 is 11.6 Å². The molecule has 0 amide bonds. The minimum atomic E-state index is -0.101. The Morgan fingerprint density at radius 3 is 2.47 bits per heavy atom. The van der Waals surface area contributed by atoms with Gasteiger partial charge in [-0.05, 0) is 38.0 Å². The van der Waals surface area contributed by atoms with Gasteiger partial charge >= 0.3 is 0 Å². The van der Waals surface area contributed by atoms with Crippen molar-refractivity contribution in [3.05, 3.63) is 22.7 Å². The second-order valence-corrected chi connectivity index (χ2v) is 5.08. The van der Waals surface area contributed by atoms with Crippen molar-refractivity contribution in [2.45, 2.75) is 32.4 Å². The molecule has 2 N–H and O–H groups in total. The first-order valence-corrected chi connectivity index (χ1v) is 6.63. The van der Waals surface area contributed by atoms with E-state index in [0.717, 1.165) is 12.0 Å². The van der Waals surface area contributed by atoms with Gasteiger partial charge < -0.3 is 19.9 Å². The summed E-state index contributed by atoms with van der Waals surface area (Å²) in [6.07, 6.45) is 0.639. The molecule has 0 heterocycles. The van der Waals surface area contributed by atoms with Gasteiger partial charge in [-0.2, -0.15) is 0 Å². The molecule has 1 aromatic carbocycles. The first-order chi connectivity index (χ1) is 8.97. The Balaban J connectivity index is 2.97. The van der Waals surface area contributed by atoms with E-state index in [1.165, 1.54) is 0 Å². The number of halogens is 1. The van der Waals surface area contributed by atoms with Crippen LogP contribution in [0.5, 0.6) is 11.5 Å². The van der Waals surface area contributed by atoms with Gasteiger partial charge in [0.2, 0.25) is 0 Å². The van der Waals surface area contributed by atoms with Crippen LogP contribution in [0.4, 0.5) is 0 Å². The fourth-order valence-corrected chi connectivity index (χ4v) is 2.12. The van der Waals surface area contributed by atoms with E-state index in [1.54, 1.807) is 14.2 Å². The zero-order valence-electron chi connectivity index (χ0n) is 11.9. The Kier molecular flexibility index (Phi) is 6.42. The molecule has 2 unspecified atom stereocenters. The third-order valence-corrected chi connectivity index (χ3v) is 2.85. The molecule has 1 rings (SSSR count). The topological polar surface area (TPSA) is 53.7 Å². The molecule has 2 atom stereocenters. The number of rotatable bonds is 7. The molecular formula is C14H22ClNO3. The van der Waals surface area contributed by atoms with Crippen molar-refractivity contribution < 1.29 is 14.2 Å². The van der Waals surface area contributed by atoms with Crippen LogP contribution < -0.4 is 15.2 Å². The maximum Gasteiger partial charge on any atom is 0.180 e. The average molecular weight is 288 g/mol. The summed E-state index contributed by atoms with van der Waals surface area (Å²) in [5, 5.41) is 0.526. The van der Waals surface area contributed by atoms with Crippen LogP contribution in [0.3, 0.4) is 0 Å². The van der Waals surface area contributed by atoms with Gasteiger partial charge in [-0.25, -0.2) is 0 Å². The zero-order chi connectivity index (χ0) is 14.4. The Morgan fingerprint density at radius 2 is 1.95 bits per heavy atom. The Bertz CT molecular complexity index is 410. The number of benzene rings is 1. The molecule has 108 valence electrons. The van der Waals surface area contributed by atoms with E-state index >= 15 is 0 Å². The minimum Gasteiger partial charge on any atom is -0.493 e. The largest absolute Gasteiger partial charge is 0.493 e. The summed E-state index contributed by atoms with van der Waals surface area (Å²) >= 11 is 6.25. The molecule has 5 heteroatoms. The van der Waals surface area contributed by atoms with Crippen LogP contribution in [0.2, 0.25) is 5.02 Å². The van der Waals surface area contributed by atoms with E-state index in [0.29, 0.717) is 23.1 Å². The van der Waals surface area contributed by atoms with Gasteiger partial charge in [-0.1, -0.05) is 11.6 Å². The standard InChI is InChI=1S/C14H22ClNO3/c1-9(16)5-11-6-12(15)14(13(7-11)18-4)19-10(2)8-17-3/h6-7,9-10H,5,8,16H2,1-4H3. The van der Waals surface area contributed by atoms with Crippen molar-refractivity contribution in [3.63, 3.8) is 0 Å². The molecule has 0 aliphatic rings. The number of methoxy groups -OCH3 is 2. The van der Waals surface area contributed by atoms with Gasteiger partial charge in [0.1, 0.15) is 6.10 Å². The Morgan fingerprint density at radius 1 is 1.26 bits per heavy atom. The van der Waals surface area contributed by atoms with Crippen molar-refractivity contribution in [2.24, 2.45) is 5.73 Å². The first-order valence-electron chi connectivity index (χ1n) is 6.25. The molecule has 0 spiro atoms. The lowest BCUT2D eigenvalue weighted by Gasteiger charge is -2.18. The predicted octanol–water partition coefficient (Wildman–Crippen LogP) is 2.65. The highest BCUT2D eigenvalue weighted by Gasteiger charge is 2.15. The van der Waals surface area contributed by atoms with Crippen molar-refractivity contribution in [1.82, 2.24) is 0 Å². The second-order valence-electron chi connectivity index (χ2n) is 4.67. The molecule has 19 heavy (non-hydrogen) atoms. The van der Waals surface area contributed by atoms with Crippen LogP contribution in [0.1, 0.15) is 19.4 Å². The molecule has 0 aliphatic carbocycles. The summed E-state index contributed by atoms with van der Waals surface area (Å²) in [5.74, 6) is 1.16. The Hall–Kier alpha value is -0.970. The molecule has 0 saturated carbocycles. The summed E-state index contributed by atoms with van der Waals surface area (Å²) in [6.45, 7) is 4.35. The van der Waals surface area contributed by atoms with Gasteiger partial charge in [0.15, 0.2) is 11.5 Å². The monoisotopic (exact) mass is 287 g/mol. The highest BCUT2D eigenvalue weighted by atomic mass is 35.5. The van der Waals surface area contributed by atoms with Gasteiger partial charge in [-0.3, -0.25) is 0 Å². The van der Waals surface area contributed by atoms with Crippen LogP contribution in [0, 0.1) is 0 Å². The first kappa shape index (κ1) is 16.1. The fraction of sp³-hybridized carbons (Fsp3) is 0.571. The van der Waals surface area contributed by atoms with E-state index in [2.05, 4.69) is 0 Å². The van der Waals surface area contributed by atoms with Crippen LogP contribution in [0.15, 0.2) is 12.1 Å². The van der Waals surface area contributed by atoms with Crippen molar-refractivity contribution in [2.75, 3.05) is 20.8 Å². The third-order valence-electron chi connectivity index (χ3n) is 2.57. The summed E-state index contributed by atoms with van der Waals surface area (Å²) < 4.78 is 16.1. The summed E-state index contributed by atoms with van der Waals surface area (Å²) in [7, 11) is 3.22. The highest BCUT2D eigenvalue weighted by Crippen LogP contribution is 2.37. The second kappa shape index (κ2) is 7.58. The van der Waals surface area contributed by atoms with E-state index in [9.17, 15) is 0 Å². The average Bonchev–Trinajstić information content (AvgIpc) is 2.31. The maximum atomic E-state index is 6.25. The van der Waals surface area contributed by atoms with Crippen LogP contribution in [0.25, 0.3) is 0 Å². The van der Waals surface area contributed by atoms with E-state index in [1.807, 2.05) is 26.0 Å². The molecule has 0 aliphatic heterocycles. The van der Waals surface area contributed by atoms with E-state index in [4.69, 9.17) is 31.5 Å². The molecule has 0 fully saturated rings. The molecule has 0 bridgehead atoms. The van der Waals surface area contributed by atoms with Gasteiger partial charge in [0.05, 0.1) is 18.7 Å². The zero-order valence-corrected chi connectivity index (χ0v) is 12.7. The van der Waals surface area contributed by atoms with Crippen LogP contribution in [-0.2, 0) is 11.2 Å². The van der Waals surface area contributed by atoms with E-state index < -0.39 is 0 Å².